The van der Waals surface area contributed by atoms with Crippen molar-refractivity contribution >= 4 is 16.7 Å². The normalized spacial score (nSPS) is 14.7. The number of fused-ring (bicyclic) bond motifs is 1. The van der Waals surface area contributed by atoms with E-state index in [-0.39, 0.29) is 6.61 Å². The van der Waals surface area contributed by atoms with Crippen LogP contribution in [-0.2, 0) is 4.79 Å². The summed E-state index contributed by atoms with van der Waals surface area (Å²) >= 11 is 0. The van der Waals surface area contributed by atoms with Gasteiger partial charge in [-0.1, -0.05) is 73.5 Å². The lowest BCUT2D eigenvalue weighted by Gasteiger charge is -2.19. The van der Waals surface area contributed by atoms with Gasteiger partial charge in [0.05, 0.1) is 0 Å². The van der Waals surface area contributed by atoms with Gasteiger partial charge in [0.25, 0.3) is 0 Å². The van der Waals surface area contributed by atoms with Gasteiger partial charge in [0.1, 0.15) is 5.75 Å². The van der Waals surface area contributed by atoms with Crippen molar-refractivity contribution in [2.45, 2.75) is 38.6 Å². The summed E-state index contributed by atoms with van der Waals surface area (Å²) < 4.78 is 4.87. The summed E-state index contributed by atoms with van der Waals surface area (Å²) in [6.07, 6.45) is 5.68. The SMILES string of the molecule is CC(NCC1CCCC1)c1cccc2ccccc12.O=C(O)COc1ccccc1. The number of carboxylic acids is 1. The number of nitrogens with one attached hydrogen (secondary N) is 1. The van der Waals surface area contributed by atoms with Crippen molar-refractivity contribution in [2.24, 2.45) is 5.92 Å². The van der Waals surface area contributed by atoms with E-state index in [0.717, 1.165) is 5.92 Å². The molecule has 4 nitrogen and oxygen atoms in total. The number of hydrogen-bond acceptors (Lipinski definition) is 3. The summed E-state index contributed by atoms with van der Waals surface area (Å²) in [5.41, 5.74) is 1.43. The summed E-state index contributed by atoms with van der Waals surface area (Å²) in [4.78, 5) is 10.0. The zero-order valence-electron chi connectivity index (χ0n) is 17.6. The number of hydrogen-bond donors (Lipinski definition) is 2. The van der Waals surface area contributed by atoms with E-state index in [1.807, 2.05) is 6.07 Å². The van der Waals surface area contributed by atoms with E-state index in [9.17, 15) is 4.79 Å². The fourth-order valence-corrected chi connectivity index (χ4v) is 3.96. The minimum atomic E-state index is -0.964. The summed E-state index contributed by atoms with van der Waals surface area (Å²) in [5, 5.41) is 14.7. The largest absolute Gasteiger partial charge is 0.482 e. The van der Waals surface area contributed by atoms with Crippen molar-refractivity contribution in [3.8, 4) is 5.75 Å². The standard InChI is InChI=1S/C18H23N.C8H8O3/c1-14(19-13-15-7-2-3-8-15)17-12-6-10-16-9-4-5-11-18(16)17;9-8(10)6-11-7-4-2-1-3-5-7/h4-6,9-12,14-15,19H,2-3,7-8,13H2,1H3;1-5H,6H2,(H,9,10). The number of carbonyl (C=O) groups is 1. The highest BCUT2D eigenvalue weighted by molar-refractivity contribution is 5.86. The molecule has 4 rings (SSSR count). The van der Waals surface area contributed by atoms with E-state index < -0.39 is 5.97 Å². The highest BCUT2D eigenvalue weighted by Crippen LogP contribution is 2.27. The van der Waals surface area contributed by atoms with Gasteiger partial charge < -0.3 is 15.2 Å². The lowest BCUT2D eigenvalue weighted by Crippen LogP contribution is -2.24. The highest BCUT2D eigenvalue weighted by Gasteiger charge is 2.16. The van der Waals surface area contributed by atoms with Crippen LogP contribution in [0.1, 0.15) is 44.2 Å². The molecule has 158 valence electrons. The van der Waals surface area contributed by atoms with Crippen LogP contribution in [0, 0.1) is 5.92 Å². The van der Waals surface area contributed by atoms with Crippen LogP contribution in [-0.4, -0.2) is 24.2 Å². The molecule has 1 atom stereocenters. The predicted molar refractivity (Wildman–Crippen MR) is 122 cm³/mol. The molecule has 0 bridgehead atoms. The Hall–Kier alpha value is -2.85. The van der Waals surface area contributed by atoms with Crippen molar-refractivity contribution < 1.29 is 14.6 Å². The van der Waals surface area contributed by atoms with Crippen molar-refractivity contribution in [2.75, 3.05) is 13.2 Å². The molecule has 2 N–H and O–H groups in total. The first-order valence-electron chi connectivity index (χ1n) is 10.7. The summed E-state index contributed by atoms with van der Waals surface area (Å²) in [6, 6.07) is 24.6. The second-order valence-corrected chi connectivity index (χ2v) is 7.84. The van der Waals surface area contributed by atoms with Crippen LogP contribution < -0.4 is 10.1 Å². The van der Waals surface area contributed by atoms with Crippen LogP contribution in [0.3, 0.4) is 0 Å². The second kappa shape index (κ2) is 11.4. The number of carboxylic acid groups (broad SMARTS) is 1. The van der Waals surface area contributed by atoms with Crippen molar-refractivity contribution in [3.63, 3.8) is 0 Å². The molecule has 0 radical (unpaired) electrons. The molecule has 1 aliphatic rings. The Morgan fingerprint density at radius 1 is 1.00 bits per heavy atom. The molecule has 1 saturated carbocycles. The smallest absolute Gasteiger partial charge is 0.341 e. The van der Waals surface area contributed by atoms with Crippen LogP contribution in [0.2, 0.25) is 0 Å². The second-order valence-electron chi connectivity index (χ2n) is 7.84. The maximum atomic E-state index is 10.0. The monoisotopic (exact) mass is 405 g/mol. The highest BCUT2D eigenvalue weighted by atomic mass is 16.5. The summed E-state index contributed by atoms with van der Waals surface area (Å²) in [6.45, 7) is 3.17. The Morgan fingerprint density at radius 3 is 2.40 bits per heavy atom. The van der Waals surface area contributed by atoms with Gasteiger partial charge in [-0.25, -0.2) is 4.79 Å². The molecular formula is C26H31NO3. The zero-order chi connectivity index (χ0) is 21.2. The van der Waals surface area contributed by atoms with E-state index in [0.29, 0.717) is 11.8 Å². The Balaban J connectivity index is 0.000000199. The van der Waals surface area contributed by atoms with Crippen LogP contribution in [0.25, 0.3) is 10.8 Å². The van der Waals surface area contributed by atoms with Gasteiger partial charge in [-0.05, 0) is 60.7 Å². The third-order valence-electron chi connectivity index (χ3n) is 5.58. The third kappa shape index (κ3) is 6.60. The fraction of sp³-hybridized carbons (Fsp3) is 0.346. The number of benzene rings is 3. The minimum absolute atomic E-state index is 0.288. The average molecular weight is 406 g/mol. The number of aliphatic carboxylic acids is 1. The first-order valence-corrected chi connectivity index (χ1v) is 10.7. The Bertz CT molecular complexity index is 914. The van der Waals surface area contributed by atoms with Gasteiger partial charge in [0.15, 0.2) is 6.61 Å². The van der Waals surface area contributed by atoms with Gasteiger partial charge in [-0.3, -0.25) is 0 Å². The molecule has 0 amide bonds. The molecule has 0 spiro atoms. The van der Waals surface area contributed by atoms with Crippen LogP contribution in [0.4, 0.5) is 0 Å². The molecule has 0 saturated heterocycles. The van der Waals surface area contributed by atoms with Gasteiger partial charge >= 0.3 is 5.97 Å². The van der Waals surface area contributed by atoms with E-state index in [4.69, 9.17) is 9.84 Å². The number of para-hydroxylation sites is 1. The topological polar surface area (TPSA) is 58.6 Å². The molecule has 30 heavy (non-hydrogen) atoms. The van der Waals surface area contributed by atoms with E-state index in [2.05, 4.69) is 54.7 Å². The van der Waals surface area contributed by atoms with Gasteiger partial charge in [-0.2, -0.15) is 0 Å². The van der Waals surface area contributed by atoms with Gasteiger partial charge in [-0.15, -0.1) is 0 Å². The number of ether oxygens (including phenoxy) is 1. The molecule has 0 aliphatic heterocycles. The maximum Gasteiger partial charge on any atom is 0.341 e. The van der Waals surface area contributed by atoms with Gasteiger partial charge in [0.2, 0.25) is 0 Å². The quantitative estimate of drug-likeness (QED) is 0.519. The first-order chi connectivity index (χ1) is 14.6. The van der Waals surface area contributed by atoms with Crippen LogP contribution >= 0.6 is 0 Å². The lowest BCUT2D eigenvalue weighted by molar-refractivity contribution is -0.139. The molecule has 3 aromatic carbocycles. The lowest BCUT2D eigenvalue weighted by atomic mass is 9.99. The van der Waals surface area contributed by atoms with Crippen molar-refractivity contribution in [1.82, 2.24) is 5.32 Å². The first kappa shape index (κ1) is 21.8. The molecule has 0 aromatic heterocycles. The molecule has 4 heteroatoms. The van der Waals surface area contributed by atoms with Crippen LogP contribution in [0.15, 0.2) is 72.8 Å². The van der Waals surface area contributed by atoms with Crippen LogP contribution in [0.5, 0.6) is 5.75 Å². The molecule has 1 fully saturated rings. The maximum absolute atomic E-state index is 10.0. The zero-order valence-corrected chi connectivity index (χ0v) is 17.6. The molecule has 3 aromatic rings. The predicted octanol–water partition coefficient (Wildman–Crippen LogP) is 5.83. The number of rotatable bonds is 7. The fourth-order valence-electron chi connectivity index (χ4n) is 3.96. The summed E-state index contributed by atoms with van der Waals surface area (Å²) in [7, 11) is 0. The molecule has 1 aliphatic carbocycles. The Kier molecular flexibility index (Phi) is 8.28. The minimum Gasteiger partial charge on any atom is -0.482 e. The Labute approximate surface area is 178 Å². The van der Waals surface area contributed by atoms with Gasteiger partial charge in [0, 0.05) is 6.04 Å². The summed E-state index contributed by atoms with van der Waals surface area (Å²) in [5.74, 6) is 0.515. The van der Waals surface area contributed by atoms with E-state index in [1.54, 1.807) is 24.3 Å². The molecule has 1 unspecified atom stereocenters. The van der Waals surface area contributed by atoms with Crippen molar-refractivity contribution in [1.29, 1.82) is 0 Å². The van der Waals surface area contributed by atoms with E-state index >= 15 is 0 Å². The van der Waals surface area contributed by atoms with Crippen molar-refractivity contribution in [3.05, 3.63) is 78.4 Å². The van der Waals surface area contributed by atoms with E-state index in [1.165, 1.54) is 48.6 Å². The average Bonchev–Trinajstić information content (AvgIpc) is 3.30. The molecule has 0 heterocycles. The third-order valence-corrected chi connectivity index (χ3v) is 5.58. The molecular weight excluding hydrogens is 374 g/mol. The Morgan fingerprint density at radius 2 is 1.67 bits per heavy atom.